The summed E-state index contributed by atoms with van der Waals surface area (Å²) in [5.41, 5.74) is 4.11. The molecule has 2 fully saturated rings. The van der Waals surface area contributed by atoms with Gasteiger partial charge >= 0.3 is 6.18 Å². The van der Waals surface area contributed by atoms with Crippen LogP contribution in [0, 0.1) is 5.92 Å². The van der Waals surface area contributed by atoms with Crippen LogP contribution in [-0.4, -0.2) is 39.1 Å². The summed E-state index contributed by atoms with van der Waals surface area (Å²) in [6.07, 6.45) is 6.74. The number of nitrogens with one attached hydrogen (secondary N) is 1. The fourth-order valence-corrected chi connectivity index (χ4v) is 5.13. The second kappa shape index (κ2) is 9.93. The lowest BCUT2D eigenvalue weighted by Gasteiger charge is -2.13. The summed E-state index contributed by atoms with van der Waals surface area (Å²) in [5.74, 6) is 2.29. The number of alkyl halides is 3. The number of imidazole rings is 2. The van der Waals surface area contributed by atoms with Crippen LogP contribution < -0.4 is 5.32 Å². The maximum atomic E-state index is 13.4. The molecule has 12 heteroatoms. The molecule has 9 nitrogen and oxygen atoms in total. The second-order valence-electron chi connectivity index (χ2n) is 10.8. The molecule has 210 valence electrons. The van der Waals surface area contributed by atoms with Crippen molar-refractivity contribution in [3.8, 4) is 22.8 Å². The van der Waals surface area contributed by atoms with Gasteiger partial charge in [0.15, 0.2) is 23.0 Å². The molecular weight excluding hydrogens is 531 g/mol. The molecule has 0 radical (unpaired) electrons. The first-order valence-electron chi connectivity index (χ1n) is 13.9. The third kappa shape index (κ3) is 5.14. The second-order valence-corrected chi connectivity index (χ2v) is 10.8. The Balaban J connectivity index is 1.16. The number of hydrogen-bond donors (Lipinski definition) is 1. The molecule has 4 heterocycles. The molecule has 0 atom stereocenters. The third-order valence-corrected chi connectivity index (χ3v) is 7.62. The fraction of sp³-hybridized carbons (Fsp3) is 0.379. The van der Waals surface area contributed by atoms with Gasteiger partial charge in [0.2, 0.25) is 0 Å². The Kier molecular flexibility index (Phi) is 6.20. The summed E-state index contributed by atoms with van der Waals surface area (Å²) in [6, 6.07) is 7.41. The average Bonchev–Trinajstić information content (AvgIpc) is 3.89. The standard InChI is InChI=1S/C29H28F3N9/c1-2-21-23(24(19-9-10-19)36-16-35-21)25-38-26(28-33-11-12-41(28)39-25)34-13-17-5-7-20(8-6-17)27-37-22(29(30,31)32)15-40(27)14-18-3-4-18/h5-8,11-12,15-16,18-19H,2-4,9-10,13-14H2,1H3,(H,34,38,39). The van der Waals surface area contributed by atoms with Crippen molar-refractivity contribution in [2.24, 2.45) is 5.92 Å². The summed E-state index contributed by atoms with van der Waals surface area (Å²) in [4.78, 5) is 22.3. The minimum atomic E-state index is -4.48. The molecule has 41 heavy (non-hydrogen) atoms. The summed E-state index contributed by atoms with van der Waals surface area (Å²) in [5, 5.41) is 8.12. The topological polar surface area (TPSA) is 98.7 Å². The highest BCUT2D eigenvalue weighted by molar-refractivity contribution is 5.69. The van der Waals surface area contributed by atoms with Crippen LogP contribution in [0.25, 0.3) is 28.4 Å². The van der Waals surface area contributed by atoms with Crippen molar-refractivity contribution in [3.05, 3.63) is 71.8 Å². The summed E-state index contributed by atoms with van der Waals surface area (Å²) in [7, 11) is 0. The number of fused-ring (bicyclic) bond motifs is 1. The quantitative estimate of drug-likeness (QED) is 0.239. The van der Waals surface area contributed by atoms with Gasteiger partial charge in [-0.2, -0.15) is 13.2 Å². The first kappa shape index (κ1) is 25.6. The maximum absolute atomic E-state index is 13.4. The predicted molar refractivity (Wildman–Crippen MR) is 146 cm³/mol. The van der Waals surface area contributed by atoms with Crippen molar-refractivity contribution in [1.29, 1.82) is 0 Å². The summed E-state index contributed by atoms with van der Waals surface area (Å²) in [6.45, 7) is 3.04. The number of anilines is 1. The van der Waals surface area contributed by atoms with Crippen LogP contribution in [0.15, 0.2) is 49.2 Å². The number of aryl methyl sites for hydroxylation is 1. The van der Waals surface area contributed by atoms with E-state index in [2.05, 4.69) is 32.2 Å². The minimum Gasteiger partial charge on any atom is -0.363 e. The van der Waals surface area contributed by atoms with Gasteiger partial charge < -0.3 is 9.88 Å². The molecule has 1 aromatic carbocycles. The molecule has 7 rings (SSSR count). The van der Waals surface area contributed by atoms with Crippen LogP contribution >= 0.6 is 0 Å². The lowest BCUT2D eigenvalue weighted by molar-refractivity contribution is -0.140. The van der Waals surface area contributed by atoms with E-state index in [0.29, 0.717) is 53.6 Å². The Morgan fingerprint density at radius 2 is 1.80 bits per heavy atom. The normalized spacial score (nSPS) is 15.5. The van der Waals surface area contributed by atoms with Gasteiger partial charge in [0.05, 0.1) is 17.0 Å². The van der Waals surface area contributed by atoms with E-state index in [-0.39, 0.29) is 0 Å². The Bertz CT molecular complexity index is 1710. The number of rotatable bonds is 9. The van der Waals surface area contributed by atoms with Crippen molar-refractivity contribution in [3.63, 3.8) is 0 Å². The lowest BCUT2D eigenvalue weighted by Crippen LogP contribution is -2.10. The van der Waals surface area contributed by atoms with Crippen LogP contribution in [0.5, 0.6) is 0 Å². The van der Waals surface area contributed by atoms with Gasteiger partial charge in [0, 0.05) is 43.2 Å². The van der Waals surface area contributed by atoms with Crippen LogP contribution in [0.2, 0.25) is 0 Å². The van der Waals surface area contributed by atoms with Gasteiger partial charge in [-0.05, 0) is 43.6 Å². The van der Waals surface area contributed by atoms with E-state index < -0.39 is 11.9 Å². The largest absolute Gasteiger partial charge is 0.434 e. The van der Waals surface area contributed by atoms with E-state index in [1.807, 2.05) is 24.3 Å². The number of aromatic nitrogens is 8. The lowest BCUT2D eigenvalue weighted by atomic mass is 10.1. The molecule has 0 amide bonds. The van der Waals surface area contributed by atoms with Gasteiger partial charge in [0.1, 0.15) is 12.2 Å². The van der Waals surface area contributed by atoms with Crippen molar-refractivity contribution in [2.75, 3.05) is 5.32 Å². The number of nitrogens with zero attached hydrogens (tertiary/aromatic N) is 8. The first-order chi connectivity index (χ1) is 19.9. The molecule has 2 aliphatic rings. The molecule has 0 spiro atoms. The maximum Gasteiger partial charge on any atom is 0.434 e. The molecule has 4 aromatic heterocycles. The molecule has 0 aliphatic heterocycles. The SMILES string of the molecule is CCc1ncnc(C2CC2)c1-c1nc(NCc2ccc(-c3nc(C(F)(F)F)cn3CC3CC3)cc2)c2nccn2n1. The minimum absolute atomic E-state index is 0.339. The number of hydrogen-bond acceptors (Lipinski definition) is 7. The van der Waals surface area contributed by atoms with E-state index in [9.17, 15) is 13.2 Å². The third-order valence-electron chi connectivity index (χ3n) is 7.62. The smallest absolute Gasteiger partial charge is 0.363 e. The predicted octanol–water partition coefficient (Wildman–Crippen LogP) is 5.93. The molecule has 0 bridgehead atoms. The molecule has 2 aliphatic carbocycles. The molecule has 0 saturated heterocycles. The highest BCUT2D eigenvalue weighted by Crippen LogP contribution is 2.43. The highest BCUT2D eigenvalue weighted by atomic mass is 19.4. The van der Waals surface area contributed by atoms with Crippen molar-refractivity contribution >= 4 is 11.5 Å². The van der Waals surface area contributed by atoms with E-state index in [4.69, 9.17) is 10.1 Å². The van der Waals surface area contributed by atoms with Gasteiger partial charge in [-0.1, -0.05) is 31.2 Å². The molecule has 0 unspecified atom stereocenters. The Hall–Kier alpha value is -4.35. The van der Waals surface area contributed by atoms with E-state index >= 15 is 0 Å². The van der Waals surface area contributed by atoms with Crippen LogP contribution in [0.4, 0.5) is 19.0 Å². The molecular formula is C29H28F3N9. The number of halogens is 3. The fourth-order valence-electron chi connectivity index (χ4n) is 5.13. The molecule has 5 aromatic rings. The van der Waals surface area contributed by atoms with Crippen LogP contribution in [0.1, 0.15) is 61.2 Å². The first-order valence-corrected chi connectivity index (χ1v) is 13.9. The monoisotopic (exact) mass is 559 g/mol. The van der Waals surface area contributed by atoms with Gasteiger partial charge in [-0.25, -0.2) is 29.4 Å². The van der Waals surface area contributed by atoms with E-state index in [1.165, 1.54) is 0 Å². The summed E-state index contributed by atoms with van der Waals surface area (Å²) >= 11 is 0. The summed E-state index contributed by atoms with van der Waals surface area (Å²) < 4.78 is 43.5. The zero-order valence-electron chi connectivity index (χ0n) is 22.4. The Labute approximate surface area is 233 Å². The highest BCUT2D eigenvalue weighted by Gasteiger charge is 2.36. The zero-order chi connectivity index (χ0) is 28.1. The van der Waals surface area contributed by atoms with Gasteiger partial charge in [-0.3, -0.25) is 0 Å². The molecule has 2 saturated carbocycles. The average molecular weight is 560 g/mol. The van der Waals surface area contributed by atoms with Crippen molar-refractivity contribution in [2.45, 2.75) is 64.2 Å². The Morgan fingerprint density at radius 1 is 1.00 bits per heavy atom. The van der Waals surface area contributed by atoms with Crippen LogP contribution in [-0.2, 0) is 25.7 Å². The van der Waals surface area contributed by atoms with Crippen molar-refractivity contribution < 1.29 is 13.2 Å². The zero-order valence-corrected chi connectivity index (χ0v) is 22.4. The van der Waals surface area contributed by atoms with Gasteiger partial charge in [-0.15, -0.1) is 5.10 Å². The van der Waals surface area contributed by atoms with Gasteiger partial charge in [0.25, 0.3) is 0 Å². The van der Waals surface area contributed by atoms with Crippen molar-refractivity contribution in [1.82, 2.24) is 39.1 Å². The van der Waals surface area contributed by atoms with E-state index in [1.54, 1.807) is 27.8 Å². The number of benzene rings is 1. The van der Waals surface area contributed by atoms with E-state index in [0.717, 1.165) is 60.8 Å². The van der Waals surface area contributed by atoms with Crippen LogP contribution in [0.3, 0.4) is 0 Å². The molecule has 1 N–H and O–H groups in total. The Morgan fingerprint density at radius 3 is 2.51 bits per heavy atom.